The monoisotopic (exact) mass is 531 g/mol. The second-order valence-corrected chi connectivity index (χ2v) is 7.70. The number of nitrogens with one attached hydrogen (secondary N) is 1. The minimum absolute atomic E-state index is 0. The van der Waals surface area contributed by atoms with E-state index in [1.165, 1.54) is 25.6 Å². The van der Waals surface area contributed by atoms with Crippen molar-refractivity contribution in [2.75, 3.05) is 12.4 Å². The van der Waals surface area contributed by atoms with Crippen molar-refractivity contribution in [1.82, 2.24) is 4.98 Å². The van der Waals surface area contributed by atoms with Crippen LogP contribution in [0.3, 0.4) is 0 Å². The molecule has 0 aliphatic heterocycles. The maximum absolute atomic E-state index is 15.0. The molecule has 0 bridgehead atoms. The highest BCUT2D eigenvalue weighted by atomic mass is 35.5. The van der Waals surface area contributed by atoms with Gasteiger partial charge in [-0.15, -0.1) is 24.8 Å². The van der Waals surface area contributed by atoms with Crippen molar-refractivity contribution in [3.05, 3.63) is 114 Å². The maximum Gasteiger partial charge on any atom is 0.242 e. The van der Waals surface area contributed by atoms with Gasteiger partial charge in [0, 0.05) is 23.4 Å². The third kappa shape index (κ3) is 6.18. The van der Waals surface area contributed by atoms with Gasteiger partial charge in [0.25, 0.3) is 0 Å². The molecule has 3 N–H and O–H groups in total. The molecule has 1 atom stereocenters. The Morgan fingerprint density at radius 2 is 1.44 bits per heavy atom. The standard InChI is InChI=1S/C27H23F2N3O2.2ClH/c1-34-23-16-31-13-12-20(23)25-21(28)14-19(15-22(25)29)32-27(33)26(30)24(17-8-4-2-5-9-17)18-10-6-3-7-11-18;;/h2-16,24,26H,30H2,1H3,(H,32,33);2*1H. The largest absolute Gasteiger partial charge is 0.494 e. The smallest absolute Gasteiger partial charge is 0.242 e. The van der Waals surface area contributed by atoms with Crippen LogP contribution < -0.4 is 15.8 Å². The maximum atomic E-state index is 15.0. The van der Waals surface area contributed by atoms with E-state index in [9.17, 15) is 13.6 Å². The highest BCUT2D eigenvalue weighted by Crippen LogP contribution is 2.35. The quantitative estimate of drug-likeness (QED) is 0.307. The van der Waals surface area contributed by atoms with Crippen molar-refractivity contribution >= 4 is 36.4 Å². The fraction of sp³-hybridized carbons (Fsp3) is 0.111. The summed E-state index contributed by atoms with van der Waals surface area (Å²) < 4.78 is 35.1. The molecule has 0 aliphatic carbocycles. The van der Waals surface area contributed by atoms with E-state index in [1.807, 2.05) is 60.7 Å². The van der Waals surface area contributed by atoms with Gasteiger partial charge >= 0.3 is 0 Å². The summed E-state index contributed by atoms with van der Waals surface area (Å²) in [5.41, 5.74) is 8.01. The van der Waals surface area contributed by atoms with E-state index in [1.54, 1.807) is 0 Å². The summed E-state index contributed by atoms with van der Waals surface area (Å²) in [6, 6.07) is 21.4. The molecular weight excluding hydrogens is 507 g/mol. The summed E-state index contributed by atoms with van der Waals surface area (Å²) in [7, 11) is 1.39. The number of aromatic nitrogens is 1. The Morgan fingerprint density at radius 1 is 0.917 bits per heavy atom. The van der Waals surface area contributed by atoms with Gasteiger partial charge in [-0.2, -0.15) is 0 Å². The molecule has 0 aliphatic rings. The first kappa shape index (κ1) is 28.7. The lowest BCUT2D eigenvalue weighted by molar-refractivity contribution is -0.117. The van der Waals surface area contributed by atoms with E-state index in [4.69, 9.17) is 10.5 Å². The Hall–Kier alpha value is -3.52. The molecule has 0 saturated carbocycles. The summed E-state index contributed by atoms with van der Waals surface area (Å²) in [6.45, 7) is 0. The van der Waals surface area contributed by atoms with E-state index in [0.29, 0.717) is 0 Å². The second-order valence-electron chi connectivity index (χ2n) is 7.70. The van der Waals surface area contributed by atoms with Crippen molar-refractivity contribution in [2.24, 2.45) is 5.73 Å². The fourth-order valence-corrected chi connectivity index (χ4v) is 3.96. The van der Waals surface area contributed by atoms with Crippen LogP contribution in [0.5, 0.6) is 5.75 Å². The molecule has 188 valence electrons. The number of carbonyl (C=O) groups is 1. The van der Waals surface area contributed by atoms with Gasteiger partial charge in [-0.05, 0) is 29.3 Å². The number of anilines is 1. The van der Waals surface area contributed by atoms with Gasteiger partial charge < -0.3 is 15.8 Å². The zero-order chi connectivity index (χ0) is 24.1. The molecule has 0 spiro atoms. The van der Waals surface area contributed by atoms with Crippen molar-refractivity contribution < 1.29 is 18.3 Å². The summed E-state index contributed by atoms with van der Waals surface area (Å²) in [6.07, 6.45) is 2.79. The fourth-order valence-electron chi connectivity index (χ4n) is 3.96. The van der Waals surface area contributed by atoms with E-state index in [2.05, 4.69) is 10.3 Å². The van der Waals surface area contributed by atoms with Crippen LogP contribution in [0.1, 0.15) is 17.0 Å². The lowest BCUT2D eigenvalue weighted by Gasteiger charge is -2.24. The van der Waals surface area contributed by atoms with E-state index < -0.39 is 29.5 Å². The number of hydrogen-bond acceptors (Lipinski definition) is 4. The van der Waals surface area contributed by atoms with Gasteiger partial charge in [-0.1, -0.05) is 60.7 Å². The van der Waals surface area contributed by atoms with Gasteiger partial charge in [-0.3, -0.25) is 9.78 Å². The zero-order valence-electron chi connectivity index (χ0n) is 19.2. The molecule has 4 aromatic rings. The summed E-state index contributed by atoms with van der Waals surface area (Å²) >= 11 is 0. The van der Waals surface area contributed by atoms with Crippen LogP contribution in [0, 0.1) is 11.6 Å². The lowest BCUT2D eigenvalue weighted by atomic mass is 9.85. The van der Waals surface area contributed by atoms with Crippen LogP contribution in [0.4, 0.5) is 14.5 Å². The van der Waals surface area contributed by atoms with E-state index >= 15 is 0 Å². The first-order valence-corrected chi connectivity index (χ1v) is 10.6. The number of hydrogen-bond donors (Lipinski definition) is 2. The van der Waals surface area contributed by atoms with E-state index in [-0.39, 0.29) is 47.4 Å². The van der Waals surface area contributed by atoms with Crippen LogP contribution in [0.25, 0.3) is 11.1 Å². The summed E-state index contributed by atoms with van der Waals surface area (Å²) in [5.74, 6) is -2.48. The number of methoxy groups -OCH3 is 1. The molecule has 5 nitrogen and oxygen atoms in total. The van der Waals surface area contributed by atoms with Gasteiger partial charge in [0.05, 0.1) is 24.9 Å². The van der Waals surface area contributed by atoms with Crippen molar-refractivity contribution in [3.8, 4) is 16.9 Å². The van der Waals surface area contributed by atoms with Gasteiger partial charge in [0.15, 0.2) is 0 Å². The third-order valence-electron chi connectivity index (χ3n) is 5.56. The Morgan fingerprint density at radius 3 is 1.94 bits per heavy atom. The van der Waals surface area contributed by atoms with Gasteiger partial charge in [0.2, 0.25) is 5.91 Å². The molecule has 1 unspecified atom stereocenters. The van der Waals surface area contributed by atoms with E-state index in [0.717, 1.165) is 23.3 Å². The Labute approximate surface area is 220 Å². The van der Waals surface area contributed by atoms with Crippen molar-refractivity contribution in [3.63, 3.8) is 0 Å². The second kappa shape index (κ2) is 13.0. The molecule has 3 aromatic carbocycles. The lowest BCUT2D eigenvalue weighted by Crippen LogP contribution is -2.41. The molecule has 1 heterocycles. The van der Waals surface area contributed by atoms with Crippen LogP contribution in [-0.2, 0) is 4.79 Å². The average molecular weight is 532 g/mol. The molecule has 9 heteroatoms. The number of ether oxygens (including phenoxy) is 1. The first-order valence-electron chi connectivity index (χ1n) is 10.6. The number of nitrogens with two attached hydrogens (primary N) is 1. The molecule has 0 fully saturated rings. The van der Waals surface area contributed by atoms with Gasteiger partial charge in [0.1, 0.15) is 17.4 Å². The Balaban J connectivity index is 0.00000228. The number of halogens is 4. The van der Waals surface area contributed by atoms with Crippen LogP contribution in [0.15, 0.2) is 91.3 Å². The molecule has 0 saturated heterocycles. The SMILES string of the molecule is COc1cnccc1-c1c(F)cc(NC(=O)C(N)C(c2ccccc2)c2ccccc2)cc1F.Cl.Cl. The van der Waals surface area contributed by atoms with Crippen molar-refractivity contribution in [1.29, 1.82) is 0 Å². The molecule has 1 amide bonds. The minimum atomic E-state index is -1.00. The predicted octanol–water partition coefficient (Wildman–Crippen LogP) is 5.98. The highest BCUT2D eigenvalue weighted by Gasteiger charge is 2.28. The number of carbonyl (C=O) groups excluding carboxylic acids is 1. The first-order chi connectivity index (χ1) is 16.5. The molecule has 36 heavy (non-hydrogen) atoms. The summed E-state index contributed by atoms with van der Waals surface area (Å²) in [4.78, 5) is 17.0. The number of amides is 1. The average Bonchev–Trinajstić information content (AvgIpc) is 2.85. The van der Waals surface area contributed by atoms with Crippen molar-refractivity contribution in [2.45, 2.75) is 12.0 Å². The highest BCUT2D eigenvalue weighted by molar-refractivity contribution is 5.96. The number of pyridine rings is 1. The molecule has 1 aromatic heterocycles. The molecule has 0 radical (unpaired) electrons. The third-order valence-corrected chi connectivity index (χ3v) is 5.56. The topological polar surface area (TPSA) is 77.2 Å². The normalized spacial score (nSPS) is 11.1. The predicted molar refractivity (Wildman–Crippen MR) is 142 cm³/mol. The van der Waals surface area contributed by atoms with Crippen LogP contribution >= 0.6 is 24.8 Å². The van der Waals surface area contributed by atoms with Crippen LogP contribution in [0.2, 0.25) is 0 Å². The summed E-state index contributed by atoms with van der Waals surface area (Å²) in [5, 5.41) is 2.56. The molecular formula is C27H25Cl2F2N3O2. The van der Waals surface area contributed by atoms with Crippen LogP contribution in [-0.4, -0.2) is 24.0 Å². The Bertz CT molecular complexity index is 1230. The number of benzene rings is 3. The number of nitrogens with zero attached hydrogens (tertiary/aromatic N) is 1. The zero-order valence-corrected chi connectivity index (χ0v) is 20.9. The Kier molecular flexibility index (Phi) is 10.3. The van der Waals surface area contributed by atoms with Gasteiger partial charge in [-0.25, -0.2) is 8.78 Å². The number of rotatable bonds is 7. The minimum Gasteiger partial charge on any atom is -0.494 e. The molecule has 4 rings (SSSR count).